The summed E-state index contributed by atoms with van der Waals surface area (Å²) in [5, 5.41) is 3.46. The molecule has 0 fully saturated rings. The Morgan fingerprint density at radius 3 is 2.79 bits per heavy atom. The van der Waals surface area contributed by atoms with Gasteiger partial charge in [0.25, 0.3) is 5.91 Å². The first kappa shape index (κ1) is 18.2. The molecule has 0 aliphatic carbocycles. The van der Waals surface area contributed by atoms with Crippen molar-refractivity contribution in [3.63, 3.8) is 0 Å². The highest BCUT2D eigenvalue weighted by atomic mass is 35.5. The van der Waals surface area contributed by atoms with Crippen molar-refractivity contribution in [2.75, 3.05) is 0 Å². The van der Waals surface area contributed by atoms with Gasteiger partial charge in [0.15, 0.2) is 4.80 Å². The molecule has 3 heterocycles. The van der Waals surface area contributed by atoms with E-state index in [2.05, 4.69) is 4.99 Å². The van der Waals surface area contributed by atoms with E-state index in [1.807, 2.05) is 77.7 Å². The van der Waals surface area contributed by atoms with E-state index >= 15 is 0 Å². The number of para-hydroxylation sites is 1. The van der Waals surface area contributed by atoms with Crippen LogP contribution in [0.25, 0.3) is 31.7 Å². The summed E-state index contributed by atoms with van der Waals surface area (Å²) in [4.78, 5) is 24.0. The number of aromatic nitrogens is 2. The summed E-state index contributed by atoms with van der Waals surface area (Å²) >= 11 is 9.15. The van der Waals surface area contributed by atoms with Gasteiger partial charge in [-0.3, -0.25) is 4.79 Å². The van der Waals surface area contributed by atoms with Crippen molar-refractivity contribution in [3.05, 3.63) is 81.4 Å². The fourth-order valence-corrected chi connectivity index (χ4v) is 5.24. The Morgan fingerprint density at radius 1 is 1.10 bits per heavy atom. The van der Waals surface area contributed by atoms with Crippen molar-refractivity contribution in [1.82, 2.24) is 9.55 Å². The number of carbonyl (C=O) groups is 1. The number of benzene rings is 2. The van der Waals surface area contributed by atoms with E-state index in [1.165, 1.54) is 11.3 Å². The molecule has 0 saturated heterocycles. The molecule has 0 aliphatic rings. The Balaban J connectivity index is 1.70. The summed E-state index contributed by atoms with van der Waals surface area (Å²) in [6.07, 6.45) is 0. The van der Waals surface area contributed by atoms with Gasteiger partial charge in [0.2, 0.25) is 0 Å². The van der Waals surface area contributed by atoms with Crippen LogP contribution in [0.15, 0.2) is 71.0 Å². The lowest BCUT2D eigenvalue weighted by molar-refractivity contribution is 0.0999. The van der Waals surface area contributed by atoms with Crippen molar-refractivity contribution in [1.29, 1.82) is 0 Å². The van der Waals surface area contributed by atoms with Gasteiger partial charge in [-0.25, -0.2) is 4.98 Å². The monoisotopic (exact) mass is 435 g/mol. The lowest BCUT2D eigenvalue weighted by Crippen LogP contribution is -2.13. The van der Waals surface area contributed by atoms with Crippen LogP contribution in [0.3, 0.4) is 0 Å². The smallest absolute Gasteiger partial charge is 0.280 e. The molecule has 0 aliphatic heterocycles. The molecule has 0 saturated carbocycles. The number of rotatable bonds is 2. The Hall–Kier alpha value is -2.80. The summed E-state index contributed by atoms with van der Waals surface area (Å²) in [7, 11) is 1.90. The number of aryl methyl sites for hydroxylation is 1. The molecule has 1 amide bonds. The fraction of sp³-hybridized carbons (Fsp3) is 0.0455. The SMILES string of the molecule is Cn1c(=NC(=O)c2cc(-c3cccs3)nc3ccccc23)sc2cc(Cl)ccc21. The van der Waals surface area contributed by atoms with Crippen molar-refractivity contribution < 1.29 is 4.79 Å². The lowest BCUT2D eigenvalue weighted by atomic mass is 10.1. The molecule has 0 N–H and O–H groups in total. The molecule has 0 atom stereocenters. The standard InChI is InChI=1S/C22H14ClN3OS2/c1-26-18-9-8-13(23)11-20(18)29-22(26)25-21(27)15-12-17(19-7-4-10-28-19)24-16-6-3-2-5-14(15)16/h2-12H,1H3. The first-order valence-corrected chi connectivity index (χ1v) is 11.0. The number of halogens is 1. The summed E-state index contributed by atoms with van der Waals surface area (Å²) < 4.78 is 2.91. The van der Waals surface area contributed by atoms with Crippen LogP contribution < -0.4 is 4.80 Å². The summed E-state index contributed by atoms with van der Waals surface area (Å²) in [5.41, 5.74) is 3.11. The topological polar surface area (TPSA) is 47.2 Å². The maximum absolute atomic E-state index is 13.2. The maximum Gasteiger partial charge on any atom is 0.280 e. The predicted octanol–water partition coefficient (Wildman–Crippen LogP) is 5.91. The Morgan fingerprint density at radius 2 is 1.97 bits per heavy atom. The molecule has 29 heavy (non-hydrogen) atoms. The molecule has 7 heteroatoms. The van der Waals surface area contributed by atoms with Crippen molar-refractivity contribution >= 4 is 61.3 Å². The van der Waals surface area contributed by atoms with E-state index in [4.69, 9.17) is 16.6 Å². The Labute approximate surface area is 179 Å². The van der Waals surface area contributed by atoms with Gasteiger partial charge < -0.3 is 4.57 Å². The first-order chi connectivity index (χ1) is 14.1. The molecule has 0 bridgehead atoms. The first-order valence-electron chi connectivity index (χ1n) is 8.88. The highest BCUT2D eigenvalue weighted by molar-refractivity contribution is 7.16. The minimum absolute atomic E-state index is 0.283. The zero-order valence-corrected chi connectivity index (χ0v) is 17.7. The molecule has 0 spiro atoms. The number of thiazole rings is 1. The number of nitrogens with zero attached hydrogens (tertiary/aromatic N) is 3. The number of hydrogen-bond acceptors (Lipinski definition) is 4. The van der Waals surface area contributed by atoms with Gasteiger partial charge in [-0.05, 0) is 41.8 Å². The second kappa shape index (κ2) is 7.22. The van der Waals surface area contributed by atoms with Crippen LogP contribution in [0.2, 0.25) is 5.02 Å². The van der Waals surface area contributed by atoms with Crippen LogP contribution in [0.1, 0.15) is 10.4 Å². The molecule has 0 radical (unpaired) electrons. The third-order valence-corrected chi connectivity index (χ3v) is 6.91. The second-order valence-electron chi connectivity index (χ2n) is 6.52. The summed E-state index contributed by atoms with van der Waals surface area (Å²) in [6, 6.07) is 19.2. The molecule has 4 nitrogen and oxygen atoms in total. The van der Waals surface area contributed by atoms with E-state index in [-0.39, 0.29) is 5.91 Å². The van der Waals surface area contributed by atoms with Crippen LogP contribution in [0.5, 0.6) is 0 Å². The number of carbonyl (C=O) groups excluding carboxylic acids is 1. The maximum atomic E-state index is 13.2. The largest absolute Gasteiger partial charge is 0.319 e. The third kappa shape index (κ3) is 3.29. The Kier molecular flexibility index (Phi) is 4.54. The molecular formula is C22H14ClN3OS2. The number of fused-ring (bicyclic) bond motifs is 2. The van der Waals surface area contributed by atoms with Gasteiger partial charge in [0.05, 0.1) is 31.9 Å². The van der Waals surface area contributed by atoms with Crippen LogP contribution in [-0.4, -0.2) is 15.5 Å². The number of thiophene rings is 1. The average molecular weight is 436 g/mol. The van der Waals surface area contributed by atoms with E-state index in [9.17, 15) is 4.79 Å². The van der Waals surface area contributed by atoms with E-state index < -0.39 is 0 Å². The molecule has 2 aromatic carbocycles. The molecule has 0 unspecified atom stereocenters. The van der Waals surface area contributed by atoms with Gasteiger partial charge in [-0.15, -0.1) is 11.3 Å². The average Bonchev–Trinajstić information content (AvgIpc) is 3.36. The molecule has 5 rings (SSSR count). The highest BCUT2D eigenvalue weighted by Gasteiger charge is 2.15. The Bertz CT molecular complexity index is 1450. The zero-order valence-electron chi connectivity index (χ0n) is 15.3. The number of hydrogen-bond donors (Lipinski definition) is 0. The normalized spacial score (nSPS) is 12.1. The second-order valence-corrected chi connectivity index (χ2v) is 8.92. The molecular weight excluding hydrogens is 422 g/mol. The predicted molar refractivity (Wildman–Crippen MR) is 121 cm³/mol. The minimum Gasteiger partial charge on any atom is -0.319 e. The van der Waals surface area contributed by atoms with Crippen LogP contribution >= 0.6 is 34.3 Å². The van der Waals surface area contributed by atoms with Crippen molar-refractivity contribution in [2.45, 2.75) is 0 Å². The third-order valence-electron chi connectivity index (χ3n) is 4.69. The number of pyridine rings is 1. The minimum atomic E-state index is -0.283. The summed E-state index contributed by atoms with van der Waals surface area (Å²) in [6.45, 7) is 0. The van der Waals surface area contributed by atoms with Gasteiger partial charge in [-0.2, -0.15) is 4.99 Å². The molecule has 3 aromatic heterocycles. The van der Waals surface area contributed by atoms with Crippen LogP contribution in [-0.2, 0) is 7.05 Å². The van der Waals surface area contributed by atoms with Gasteiger partial charge >= 0.3 is 0 Å². The fourth-order valence-electron chi connectivity index (χ4n) is 3.26. The van der Waals surface area contributed by atoms with Crippen molar-refractivity contribution in [3.8, 4) is 10.6 Å². The van der Waals surface area contributed by atoms with Gasteiger partial charge in [0, 0.05) is 17.5 Å². The highest BCUT2D eigenvalue weighted by Crippen LogP contribution is 2.28. The van der Waals surface area contributed by atoms with Gasteiger partial charge in [0.1, 0.15) is 0 Å². The van der Waals surface area contributed by atoms with Gasteiger partial charge in [-0.1, -0.05) is 47.2 Å². The van der Waals surface area contributed by atoms with Crippen LogP contribution in [0.4, 0.5) is 0 Å². The van der Waals surface area contributed by atoms with E-state index in [0.29, 0.717) is 15.4 Å². The summed E-state index contributed by atoms with van der Waals surface area (Å²) in [5.74, 6) is -0.283. The van der Waals surface area contributed by atoms with E-state index in [0.717, 1.165) is 31.7 Å². The van der Waals surface area contributed by atoms with Crippen LogP contribution in [0, 0.1) is 0 Å². The molecule has 142 valence electrons. The number of amides is 1. The molecule has 5 aromatic rings. The van der Waals surface area contributed by atoms with Crippen molar-refractivity contribution in [2.24, 2.45) is 12.0 Å². The quantitative estimate of drug-likeness (QED) is 0.346. The van der Waals surface area contributed by atoms with E-state index in [1.54, 1.807) is 11.3 Å². The lowest BCUT2D eigenvalue weighted by Gasteiger charge is -2.06. The zero-order chi connectivity index (χ0) is 20.0.